The fourth-order valence-corrected chi connectivity index (χ4v) is 3.09. The number of benzene rings is 1. The predicted molar refractivity (Wildman–Crippen MR) is 71.6 cm³/mol. The fraction of sp³-hybridized carbons (Fsp3) is 0.250. The van der Waals surface area contributed by atoms with E-state index in [1.54, 1.807) is 0 Å². The standard InChI is InChI=1S/C12H11ClFNO4S/c1-4-12(2,3)15-20(18,19)9-6-7(13)5-8(10(9)14)11(16)17/h1,5-6,15H,2-3H3,(H,16,17). The number of rotatable bonds is 4. The normalized spacial score (nSPS) is 11.9. The topological polar surface area (TPSA) is 83.5 Å². The summed E-state index contributed by atoms with van der Waals surface area (Å²) >= 11 is 5.61. The van der Waals surface area contributed by atoms with Crippen LogP contribution in [-0.4, -0.2) is 25.0 Å². The maximum atomic E-state index is 14.0. The quantitative estimate of drug-likeness (QED) is 0.830. The molecule has 0 atom stereocenters. The van der Waals surface area contributed by atoms with E-state index in [0.29, 0.717) is 0 Å². The first-order valence-corrected chi connectivity index (χ1v) is 7.10. The molecule has 0 heterocycles. The van der Waals surface area contributed by atoms with Crippen LogP contribution in [0.3, 0.4) is 0 Å². The third kappa shape index (κ3) is 3.48. The van der Waals surface area contributed by atoms with Crippen LogP contribution >= 0.6 is 11.6 Å². The third-order valence-corrected chi connectivity index (χ3v) is 4.15. The summed E-state index contributed by atoms with van der Waals surface area (Å²) in [5.74, 6) is -0.851. The summed E-state index contributed by atoms with van der Waals surface area (Å²) in [5.41, 5.74) is -2.10. The van der Waals surface area contributed by atoms with Crippen LogP contribution in [0.25, 0.3) is 0 Å². The number of hydrogen-bond acceptors (Lipinski definition) is 3. The first-order valence-electron chi connectivity index (χ1n) is 5.24. The van der Waals surface area contributed by atoms with Crippen molar-refractivity contribution in [1.82, 2.24) is 4.72 Å². The molecular weight excluding hydrogens is 309 g/mol. The molecule has 0 fully saturated rings. The summed E-state index contributed by atoms with van der Waals surface area (Å²) in [6, 6.07) is 1.64. The first-order chi connectivity index (χ1) is 9.00. The van der Waals surface area contributed by atoms with E-state index in [4.69, 9.17) is 23.1 Å². The van der Waals surface area contributed by atoms with E-state index in [9.17, 15) is 17.6 Å². The van der Waals surface area contributed by atoms with Crippen molar-refractivity contribution in [2.24, 2.45) is 0 Å². The number of carboxylic acid groups (broad SMARTS) is 1. The van der Waals surface area contributed by atoms with Gasteiger partial charge in [0.05, 0.1) is 11.1 Å². The van der Waals surface area contributed by atoms with Crippen LogP contribution in [0.5, 0.6) is 0 Å². The Morgan fingerprint density at radius 2 is 2.05 bits per heavy atom. The Morgan fingerprint density at radius 3 is 2.50 bits per heavy atom. The smallest absolute Gasteiger partial charge is 0.338 e. The molecule has 108 valence electrons. The van der Waals surface area contributed by atoms with Crippen molar-refractivity contribution in [2.75, 3.05) is 0 Å². The van der Waals surface area contributed by atoms with Gasteiger partial charge in [-0.15, -0.1) is 6.42 Å². The van der Waals surface area contributed by atoms with Gasteiger partial charge in [-0.3, -0.25) is 0 Å². The molecule has 1 aromatic carbocycles. The van der Waals surface area contributed by atoms with E-state index in [1.165, 1.54) is 13.8 Å². The highest BCUT2D eigenvalue weighted by atomic mass is 35.5. The van der Waals surface area contributed by atoms with Crippen LogP contribution in [0, 0.1) is 18.2 Å². The van der Waals surface area contributed by atoms with Crippen LogP contribution in [0.4, 0.5) is 4.39 Å². The van der Waals surface area contributed by atoms with Crippen molar-refractivity contribution in [3.05, 3.63) is 28.5 Å². The molecule has 0 spiro atoms. The van der Waals surface area contributed by atoms with Gasteiger partial charge < -0.3 is 5.11 Å². The van der Waals surface area contributed by atoms with Gasteiger partial charge >= 0.3 is 5.97 Å². The van der Waals surface area contributed by atoms with E-state index in [0.717, 1.165) is 12.1 Å². The summed E-state index contributed by atoms with van der Waals surface area (Å²) < 4.78 is 40.2. The lowest BCUT2D eigenvalue weighted by molar-refractivity contribution is 0.0691. The molecule has 0 saturated carbocycles. The van der Waals surface area contributed by atoms with Gasteiger partial charge in [-0.2, -0.15) is 4.72 Å². The minimum absolute atomic E-state index is 0.220. The highest BCUT2D eigenvalue weighted by molar-refractivity contribution is 7.89. The van der Waals surface area contributed by atoms with Gasteiger partial charge in [0, 0.05) is 5.02 Å². The van der Waals surface area contributed by atoms with Gasteiger partial charge in [0.1, 0.15) is 4.90 Å². The molecule has 0 aliphatic rings. The second kappa shape index (κ2) is 5.40. The van der Waals surface area contributed by atoms with Crippen molar-refractivity contribution in [2.45, 2.75) is 24.3 Å². The molecule has 20 heavy (non-hydrogen) atoms. The summed E-state index contributed by atoms with van der Waals surface area (Å²) in [6.07, 6.45) is 5.15. The van der Waals surface area contributed by atoms with Crippen molar-refractivity contribution in [1.29, 1.82) is 0 Å². The molecule has 1 aromatic rings. The van der Waals surface area contributed by atoms with E-state index in [-0.39, 0.29) is 5.02 Å². The molecule has 0 radical (unpaired) electrons. The zero-order chi connectivity index (χ0) is 15.7. The van der Waals surface area contributed by atoms with Crippen molar-refractivity contribution in [3.8, 4) is 12.3 Å². The number of carbonyl (C=O) groups is 1. The Kier molecular flexibility index (Phi) is 4.44. The average Bonchev–Trinajstić information content (AvgIpc) is 2.30. The minimum atomic E-state index is -4.35. The maximum absolute atomic E-state index is 14.0. The summed E-state index contributed by atoms with van der Waals surface area (Å²) in [6.45, 7) is 2.79. The van der Waals surface area contributed by atoms with Gasteiger partial charge in [-0.25, -0.2) is 17.6 Å². The molecule has 0 saturated heterocycles. The Labute approximate surface area is 120 Å². The van der Waals surface area contributed by atoms with Gasteiger partial charge in [-0.1, -0.05) is 17.5 Å². The summed E-state index contributed by atoms with van der Waals surface area (Å²) in [4.78, 5) is 9.98. The van der Waals surface area contributed by atoms with E-state index < -0.39 is 37.8 Å². The lowest BCUT2D eigenvalue weighted by atomic mass is 10.1. The fourth-order valence-electron chi connectivity index (χ4n) is 1.34. The number of carboxylic acids is 1. The molecule has 1 rings (SSSR count). The molecule has 0 aromatic heterocycles. The zero-order valence-electron chi connectivity index (χ0n) is 10.6. The van der Waals surface area contributed by atoms with Crippen LogP contribution in [0.2, 0.25) is 5.02 Å². The number of aromatic carboxylic acids is 1. The predicted octanol–water partition coefficient (Wildman–Crippen LogP) is 1.87. The number of hydrogen-bond donors (Lipinski definition) is 2. The SMILES string of the molecule is C#CC(C)(C)NS(=O)(=O)c1cc(Cl)cc(C(=O)O)c1F. The van der Waals surface area contributed by atoms with Crippen LogP contribution in [0.15, 0.2) is 17.0 Å². The van der Waals surface area contributed by atoms with E-state index in [2.05, 4.69) is 10.6 Å². The molecule has 2 N–H and O–H groups in total. The largest absolute Gasteiger partial charge is 0.478 e. The van der Waals surface area contributed by atoms with Gasteiger partial charge in [-0.05, 0) is 26.0 Å². The van der Waals surface area contributed by atoms with Crippen molar-refractivity contribution < 1.29 is 22.7 Å². The van der Waals surface area contributed by atoms with Crippen LogP contribution in [0.1, 0.15) is 24.2 Å². The number of terminal acetylenes is 1. The van der Waals surface area contributed by atoms with Gasteiger partial charge in [0.25, 0.3) is 0 Å². The van der Waals surface area contributed by atoms with Gasteiger partial charge in [0.2, 0.25) is 10.0 Å². The highest BCUT2D eigenvalue weighted by Gasteiger charge is 2.29. The summed E-state index contributed by atoms with van der Waals surface area (Å²) in [7, 11) is -4.35. The number of halogens is 2. The molecule has 0 amide bonds. The van der Waals surface area contributed by atoms with E-state index >= 15 is 0 Å². The highest BCUT2D eigenvalue weighted by Crippen LogP contribution is 2.24. The second-order valence-corrected chi connectivity index (χ2v) is 6.53. The number of sulfonamides is 1. The Hall–Kier alpha value is -1.62. The molecule has 8 heteroatoms. The lowest BCUT2D eigenvalue weighted by Gasteiger charge is -2.20. The van der Waals surface area contributed by atoms with E-state index in [1.807, 2.05) is 0 Å². The van der Waals surface area contributed by atoms with Crippen molar-refractivity contribution in [3.63, 3.8) is 0 Å². The molecule has 0 aliphatic heterocycles. The zero-order valence-corrected chi connectivity index (χ0v) is 12.1. The van der Waals surface area contributed by atoms with Crippen LogP contribution < -0.4 is 4.72 Å². The number of nitrogens with one attached hydrogen (secondary N) is 1. The molecule has 0 unspecified atom stereocenters. The molecule has 0 aliphatic carbocycles. The Balaban J connectivity index is 3.48. The first kappa shape index (κ1) is 16.4. The average molecular weight is 320 g/mol. The monoisotopic (exact) mass is 319 g/mol. The summed E-state index contributed by atoms with van der Waals surface area (Å²) in [5, 5.41) is 8.59. The van der Waals surface area contributed by atoms with Crippen molar-refractivity contribution >= 4 is 27.6 Å². The Morgan fingerprint density at radius 1 is 1.50 bits per heavy atom. The second-order valence-electron chi connectivity index (χ2n) is 4.45. The molecule has 0 bridgehead atoms. The third-order valence-electron chi connectivity index (χ3n) is 2.27. The molecule has 5 nitrogen and oxygen atoms in total. The minimum Gasteiger partial charge on any atom is -0.478 e. The molecular formula is C12H11ClFNO4S. The van der Waals surface area contributed by atoms with Crippen LogP contribution in [-0.2, 0) is 10.0 Å². The Bertz CT molecular complexity index is 707. The maximum Gasteiger partial charge on any atom is 0.338 e. The lowest BCUT2D eigenvalue weighted by Crippen LogP contribution is -2.42. The van der Waals surface area contributed by atoms with Gasteiger partial charge in [0.15, 0.2) is 5.82 Å².